The fraction of sp³-hybridized carbons (Fsp3) is 0.409. The number of nitrogen functional groups attached to an aromatic ring is 1. The minimum absolute atomic E-state index is 0.121. The van der Waals surface area contributed by atoms with Crippen LogP contribution in [0.25, 0.3) is 11.4 Å². The fourth-order valence-corrected chi connectivity index (χ4v) is 3.64. The van der Waals surface area contributed by atoms with Crippen molar-refractivity contribution < 1.29 is 5.32 Å². The number of quaternary nitrogens is 1. The second-order valence-corrected chi connectivity index (χ2v) is 8.02. The summed E-state index contributed by atoms with van der Waals surface area (Å²) in [5.41, 5.74) is 8.56. The lowest BCUT2D eigenvalue weighted by atomic mass is 10.1. The summed E-state index contributed by atoms with van der Waals surface area (Å²) in [6, 6.07) is 8.41. The molecule has 0 atom stereocenters. The van der Waals surface area contributed by atoms with Crippen molar-refractivity contribution in [3.63, 3.8) is 0 Å². The fourth-order valence-electron chi connectivity index (χ4n) is 3.64. The molecule has 9 nitrogen and oxygen atoms in total. The van der Waals surface area contributed by atoms with Gasteiger partial charge in [0, 0.05) is 50.9 Å². The summed E-state index contributed by atoms with van der Waals surface area (Å²) in [5.74, 6) is 1.37. The zero-order valence-electron chi connectivity index (χ0n) is 18.6. The number of allylic oxidation sites excluding steroid dienone is 2. The quantitative estimate of drug-likeness (QED) is 0.605. The van der Waals surface area contributed by atoms with E-state index < -0.39 is 0 Å². The van der Waals surface area contributed by atoms with E-state index in [9.17, 15) is 5.26 Å². The van der Waals surface area contributed by atoms with Crippen molar-refractivity contribution in [1.82, 2.24) is 19.9 Å². The number of nitrogens with two attached hydrogens (primary N) is 2. The largest absolute Gasteiger partial charge is 0.382 e. The zero-order valence-corrected chi connectivity index (χ0v) is 18.6. The maximum atomic E-state index is 9.65. The Kier molecular flexibility index (Phi) is 6.95. The number of hydrogen-bond donors (Lipinski definition) is 3. The highest BCUT2D eigenvalue weighted by Gasteiger charge is 2.22. The number of nitrogens with zero attached hydrogens (tertiary/aromatic N) is 6. The van der Waals surface area contributed by atoms with Crippen LogP contribution in [0.15, 0.2) is 30.0 Å². The first-order valence-corrected chi connectivity index (χ1v) is 10.4. The van der Waals surface area contributed by atoms with Crippen LogP contribution in [0.2, 0.25) is 0 Å². The maximum Gasteiger partial charge on any atom is 0.333 e. The van der Waals surface area contributed by atoms with Crippen molar-refractivity contribution in [3.05, 3.63) is 35.5 Å². The van der Waals surface area contributed by atoms with Gasteiger partial charge in [-0.05, 0) is 32.9 Å². The number of anilines is 2. The van der Waals surface area contributed by atoms with Gasteiger partial charge < -0.3 is 16.0 Å². The first kappa shape index (κ1) is 22.3. The second-order valence-electron chi connectivity index (χ2n) is 8.02. The van der Waals surface area contributed by atoms with Gasteiger partial charge in [-0.1, -0.05) is 6.07 Å². The molecule has 9 heteroatoms. The molecule has 162 valence electrons. The molecule has 2 aromatic heterocycles. The Balaban J connectivity index is 1.92. The van der Waals surface area contributed by atoms with Crippen LogP contribution in [0.1, 0.15) is 33.3 Å². The lowest BCUT2D eigenvalue weighted by Crippen LogP contribution is -2.76. The van der Waals surface area contributed by atoms with E-state index in [0.29, 0.717) is 29.1 Å². The Morgan fingerprint density at radius 1 is 1.19 bits per heavy atom. The minimum atomic E-state index is 0.121. The molecule has 31 heavy (non-hydrogen) atoms. The van der Waals surface area contributed by atoms with Gasteiger partial charge in [-0.3, -0.25) is 10.2 Å². The first-order valence-electron chi connectivity index (χ1n) is 10.4. The third kappa shape index (κ3) is 5.42. The molecule has 0 aromatic carbocycles. The number of rotatable bonds is 6. The molecule has 1 fully saturated rings. The summed E-state index contributed by atoms with van der Waals surface area (Å²) < 4.78 is 0. The Labute approximate surface area is 183 Å². The molecule has 0 amide bonds. The minimum Gasteiger partial charge on any atom is -0.382 e. The molecule has 1 aliphatic rings. The van der Waals surface area contributed by atoms with Crippen LogP contribution < -0.4 is 16.0 Å². The van der Waals surface area contributed by atoms with Crippen LogP contribution in [-0.2, 0) is 0 Å². The molecule has 5 N–H and O–H groups in total. The van der Waals surface area contributed by atoms with Gasteiger partial charge in [0.05, 0.1) is 5.69 Å². The van der Waals surface area contributed by atoms with Crippen molar-refractivity contribution in [3.8, 4) is 17.5 Å². The van der Waals surface area contributed by atoms with Crippen LogP contribution >= 0.6 is 0 Å². The van der Waals surface area contributed by atoms with Gasteiger partial charge in [0.1, 0.15) is 28.8 Å². The summed E-state index contributed by atoms with van der Waals surface area (Å²) in [6.45, 7) is 11.8. The molecule has 0 radical (unpaired) electrons. The topological polar surface area (TPSA) is 135 Å². The van der Waals surface area contributed by atoms with E-state index in [0.717, 1.165) is 37.7 Å². The van der Waals surface area contributed by atoms with E-state index in [4.69, 9.17) is 16.1 Å². The summed E-state index contributed by atoms with van der Waals surface area (Å²) in [4.78, 5) is 18.3. The van der Waals surface area contributed by atoms with Gasteiger partial charge in [-0.25, -0.2) is 4.98 Å². The molecule has 2 aromatic rings. The van der Waals surface area contributed by atoms with Crippen LogP contribution in [0, 0.1) is 16.7 Å². The summed E-state index contributed by atoms with van der Waals surface area (Å²) in [5, 5.41) is 19.0. The summed E-state index contributed by atoms with van der Waals surface area (Å²) in [6.07, 6.45) is 1.72. The average molecular weight is 421 g/mol. The summed E-state index contributed by atoms with van der Waals surface area (Å²) in [7, 11) is 0. The molecule has 0 spiro atoms. The van der Waals surface area contributed by atoms with E-state index in [2.05, 4.69) is 39.7 Å². The monoisotopic (exact) mass is 420 g/mol. The lowest BCUT2D eigenvalue weighted by Gasteiger charge is -2.37. The average Bonchev–Trinajstić information content (AvgIpc) is 2.73. The molecule has 0 bridgehead atoms. The third-order valence-electron chi connectivity index (χ3n) is 5.21. The Morgan fingerprint density at radius 3 is 2.52 bits per heavy atom. The van der Waals surface area contributed by atoms with Gasteiger partial charge in [0.2, 0.25) is 0 Å². The molecule has 3 rings (SSSR count). The highest BCUT2D eigenvalue weighted by atomic mass is 15.3. The predicted molar refractivity (Wildman–Crippen MR) is 122 cm³/mol. The molecule has 0 aliphatic carbocycles. The van der Waals surface area contributed by atoms with Gasteiger partial charge in [0.25, 0.3) is 0 Å². The SMILES string of the molecule is CC(=N)/C=C(/C)[NH2+]c1nc(N)c(C#N)c(-c2cccc(N3CCN(C(C)C)CC3)n2)n1. The van der Waals surface area contributed by atoms with Crippen molar-refractivity contribution in [2.45, 2.75) is 33.7 Å². The van der Waals surface area contributed by atoms with Crippen LogP contribution in [0.3, 0.4) is 0 Å². The van der Waals surface area contributed by atoms with Crippen LogP contribution in [-0.4, -0.2) is 57.8 Å². The molecule has 0 saturated carbocycles. The molecule has 1 saturated heterocycles. The van der Waals surface area contributed by atoms with Gasteiger partial charge in [0.15, 0.2) is 5.82 Å². The Morgan fingerprint density at radius 2 is 1.90 bits per heavy atom. The number of nitriles is 1. The highest BCUT2D eigenvalue weighted by Crippen LogP contribution is 2.26. The number of piperazine rings is 1. The Hall–Kier alpha value is -3.35. The lowest BCUT2D eigenvalue weighted by molar-refractivity contribution is -0.525. The molecular formula is C22H30N9+. The predicted octanol–water partition coefficient (Wildman–Crippen LogP) is 1.66. The number of hydrogen-bond acceptors (Lipinski definition) is 8. The summed E-state index contributed by atoms with van der Waals surface area (Å²) >= 11 is 0. The first-order chi connectivity index (χ1) is 14.8. The maximum absolute atomic E-state index is 9.65. The van der Waals surface area contributed by atoms with E-state index in [1.807, 2.05) is 25.1 Å². The van der Waals surface area contributed by atoms with Crippen molar-refractivity contribution in [2.24, 2.45) is 0 Å². The third-order valence-corrected chi connectivity index (χ3v) is 5.21. The van der Waals surface area contributed by atoms with Crippen molar-refractivity contribution in [2.75, 3.05) is 36.8 Å². The molecule has 1 aliphatic heterocycles. The molecule has 3 heterocycles. The second kappa shape index (κ2) is 9.64. The number of nitrogens with one attached hydrogen (secondary N) is 1. The van der Waals surface area contributed by atoms with Gasteiger partial charge in [-0.15, -0.1) is 0 Å². The van der Waals surface area contributed by atoms with Gasteiger partial charge >= 0.3 is 5.95 Å². The van der Waals surface area contributed by atoms with Gasteiger partial charge in [-0.2, -0.15) is 15.2 Å². The van der Waals surface area contributed by atoms with Crippen LogP contribution in [0.4, 0.5) is 17.6 Å². The zero-order chi connectivity index (χ0) is 22.5. The Bertz CT molecular complexity index is 1030. The molecular weight excluding hydrogens is 390 g/mol. The van der Waals surface area contributed by atoms with Crippen molar-refractivity contribution in [1.29, 1.82) is 10.7 Å². The number of pyridine rings is 1. The van der Waals surface area contributed by atoms with Crippen molar-refractivity contribution >= 4 is 23.3 Å². The highest BCUT2D eigenvalue weighted by molar-refractivity contribution is 5.90. The standard InChI is InChI=1S/C22H29N9/c1-14(2)30-8-10-31(11-9-30)19-7-5-6-18(27-19)20-17(13-23)21(25)29-22(28-20)26-16(4)12-15(3)24/h5-7,12,14,24H,8-11H2,1-4H3,(H3,25,26,28,29)/p+1/b16-12-,24-15?. The number of aromatic nitrogens is 3. The van der Waals surface area contributed by atoms with Crippen LogP contribution in [0.5, 0.6) is 0 Å². The normalized spacial score (nSPS) is 15.2. The van der Waals surface area contributed by atoms with E-state index in [-0.39, 0.29) is 11.4 Å². The molecule has 0 unspecified atom stereocenters. The smallest absolute Gasteiger partial charge is 0.333 e. The van der Waals surface area contributed by atoms with E-state index in [1.54, 1.807) is 18.3 Å². The van der Waals surface area contributed by atoms with E-state index >= 15 is 0 Å². The van der Waals surface area contributed by atoms with E-state index in [1.165, 1.54) is 0 Å².